The zero-order valence-electron chi connectivity index (χ0n) is 17.9. The molecule has 4 rings (SSSR count). The van der Waals surface area contributed by atoms with Crippen LogP contribution in [0.15, 0.2) is 83.0 Å². The summed E-state index contributed by atoms with van der Waals surface area (Å²) >= 11 is 11.5. The number of nitrogens with zero attached hydrogens (tertiary/aromatic N) is 4. The molecule has 4 aromatic rings. The summed E-state index contributed by atoms with van der Waals surface area (Å²) in [6.45, 7) is 0. The predicted octanol–water partition coefficient (Wildman–Crippen LogP) is 6.70. The van der Waals surface area contributed by atoms with E-state index in [2.05, 4.69) is 36.3 Å². The van der Waals surface area contributed by atoms with Gasteiger partial charge in [-0.15, -0.1) is 0 Å². The van der Waals surface area contributed by atoms with Crippen molar-refractivity contribution in [3.8, 4) is 0 Å². The molecule has 0 aliphatic rings. The number of rotatable bonds is 8. The van der Waals surface area contributed by atoms with Crippen molar-refractivity contribution in [2.45, 2.75) is 0 Å². The molecule has 1 heterocycles. The van der Waals surface area contributed by atoms with Crippen molar-refractivity contribution in [2.24, 2.45) is 10.2 Å². The minimum Gasteiger partial charge on any atom is -0.340 e. The Balaban J connectivity index is 1.55. The molecule has 35 heavy (non-hydrogen) atoms. The van der Waals surface area contributed by atoms with Crippen LogP contribution in [0.25, 0.3) is 0 Å². The lowest BCUT2D eigenvalue weighted by atomic mass is 10.2. The second-order valence-electron chi connectivity index (χ2n) is 7.02. The molecule has 0 atom stereocenters. The summed E-state index contributed by atoms with van der Waals surface area (Å²) in [6.07, 6.45) is 2.58. The van der Waals surface area contributed by atoms with Crippen LogP contribution >= 0.6 is 23.2 Å². The number of para-hydroxylation sites is 1. The normalized spacial score (nSPS) is 11.2. The zero-order chi connectivity index (χ0) is 24.6. The van der Waals surface area contributed by atoms with E-state index in [1.54, 1.807) is 18.2 Å². The number of hydrogen-bond donors (Lipinski definition) is 3. The maximum absolute atomic E-state index is 14.0. The fourth-order valence-corrected chi connectivity index (χ4v) is 3.15. The van der Waals surface area contributed by atoms with Crippen molar-refractivity contribution in [3.05, 3.63) is 106 Å². The van der Waals surface area contributed by atoms with Crippen LogP contribution in [0.2, 0.25) is 10.0 Å². The molecule has 176 valence electrons. The molecule has 0 aliphatic carbocycles. The van der Waals surface area contributed by atoms with E-state index in [-0.39, 0.29) is 27.1 Å². The molecule has 0 saturated carbocycles. The van der Waals surface area contributed by atoms with Crippen LogP contribution in [0.1, 0.15) is 11.1 Å². The van der Waals surface area contributed by atoms with Gasteiger partial charge in [0.05, 0.1) is 12.4 Å². The van der Waals surface area contributed by atoms with Crippen molar-refractivity contribution in [2.75, 3.05) is 16.2 Å². The van der Waals surface area contributed by atoms with Crippen LogP contribution < -0.4 is 16.2 Å². The van der Waals surface area contributed by atoms with Gasteiger partial charge >= 0.3 is 0 Å². The van der Waals surface area contributed by atoms with Crippen LogP contribution in [0.3, 0.4) is 0 Å². The Kier molecular flexibility index (Phi) is 7.81. The number of benzene rings is 3. The summed E-state index contributed by atoms with van der Waals surface area (Å²) in [5.41, 5.74) is 6.67. The van der Waals surface area contributed by atoms with Gasteiger partial charge in [0.2, 0.25) is 5.95 Å². The van der Waals surface area contributed by atoms with Crippen molar-refractivity contribution in [3.63, 3.8) is 0 Å². The first kappa shape index (κ1) is 24.1. The summed E-state index contributed by atoms with van der Waals surface area (Å²) in [7, 11) is 0. The highest BCUT2D eigenvalue weighted by Crippen LogP contribution is 2.20. The molecule has 0 bridgehead atoms. The Morgan fingerprint density at radius 2 is 1.26 bits per heavy atom. The van der Waals surface area contributed by atoms with Gasteiger partial charge in [-0.3, -0.25) is 5.43 Å². The van der Waals surface area contributed by atoms with Crippen molar-refractivity contribution in [1.29, 1.82) is 0 Å². The molecular weight excluding hydrogens is 495 g/mol. The van der Waals surface area contributed by atoms with E-state index in [1.807, 2.05) is 30.3 Å². The van der Waals surface area contributed by atoms with E-state index in [4.69, 9.17) is 23.2 Å². The van der Waals surface area contributed by atoms with Crippen molar-refractivity contribution < 1.29 is 8.78 Å². The van der Waals surface area contributed by atoms with Gasteiger partial charge in [0.15, 0.2) is 5.82 Å². The maximum Gasteiger partial charge on any atom is 0.247 e. The summed E-state index contributed by atoms with van der Waals surface area (Å²) in [5.74, 6) is -0.207. The molecule has 11 heteroatoms. The first-order valence-electron chi connectivity index (χ1n) is 10.2. The fourth-order valence-electron chi connectivity index (χ4n) is 2.83. The van der Waals surface area contributed by atoms with Crippen LogP contribution in [-0.2, 0) is 0 Å². The molecule has 0 saturated heterocycles. The highest BCUT2D eigenvalue weighted by molar-refractivity contribution is 6.31. The fraction of sp³-hybridized carbons (Fsp3) is 0. The van der Waals surface area contributed by atoms with Gasteiger partial charge in [-0.25, -0.2) is 14.2 Å². The minimum atomic E-state index is -0.519. The van der Waals surface area contributed by atoms with E-state index in [0.29, 0.717) is 11.6 Å². The SMILES string of the molecule is Fc1cc(Cl)ccc1C=NNc1cc(Nc2ccccc2)nc(NN=Cc2ccc(Cl)cc2F)n1. The van der Waals surface area contributed by atoms with E-state index in [1.165, 1.54) is 36.7 Å². The summed E-state index contributed by atoms with van der Waals surface area (Å²) in [4.78, 5) is 8.64. The lowest BCUT2D eigenvalue weighted by molar-refractivity contribution is 0.625. The largest absolute Gasteiger partial charge is 0.340 e. The molecule has 0 radical (unpaired) electrons. The molecule has 7 nitrogen and oxygen atoms in total. The molecule has 0 fully saturated rings. The lowest BCUT2D eigenvalue weighted by Crippen LogP contribution is -2.04. The van der Waals surface area contributed by atoms with E-state index in [0.717, 1.165) is 5.69 Å². The molecule has 1 aromatic heterocycles. The average Bonchev–Trinajstić information content (AvgIpc) is 2.82. The monoisotopic (exact) mass is 511 g/mol. The number of hydrazone groups is 2. The predicted molar refractivity (Wildman–Crippen MR) is 137 cm³/mol. The third kappa shape index (κ3) is 6.95. The van der Waals surface area contributed by atoms with Gasteiger partial charge in [0.25, 0.3) is 0 Å². The van der Waals surface area contributed by atoms with Crippen LogP contribution in [0.5, 0.6) is 0 Å². The first-order chi connectivity index (χ1) is 17.0. The molecular formula is C24H17Cl2F2N7. The van der Waals surface area contributed by atoms with Gasteiger partial charge in [-0.1, -0.05) is 41.4 Å². The smallest absolute Gasteiger partial charge is 0.247 e. The van der Waals surface area contributed by atoms with Crippen LogP contribution in [0, 0.1) is 11.6 Å². The second kappa shape index (κ2) is 11.4. The lowest BCUT2D eigenvalue weighted by Gasteiger charge is -2.09. The average molecular weight is 512 g/mol. The quantitative estimate of drug-likeness (QED) is 0.181. The first-order valence-corrected chi connectivity index (χ1v) is 10.9. The Morgan fingerprint density at radius 1 is 0.686 bits per heavy atom. The topological polar surface area (TPSA) is 86.6 Å². The van der Waals surface area contributed by atoms with Gasteiger partial charge in [-0.2, -0.15) is 20.2 Å². The van der Waals surface area contributed by atoms with Crippen molar-refractivity contribution in [1.82, 2.24) is 9.97 Å². The Morgan fingerprint density at radius 3 is 1.86 bits per heavy atom. The zero-order valence-corrected chi connectivity index (χ0v) is 19.4. The van der Waals surface area contributed by atoms with Gasteiger partial charge in [0.1, 0.15) is 17.5 Å². The van der Waals surface area contributed by atoms with Gasteiger partial charge in [0, 0.05) is 32.9 Å². The number of aromatic nitrogens is 2. The van der Waals surface area contributed by atoms with E-state index in [9.17, 15) is 8.78 Å². The molecule has 0 aliphatic heterocycles. The Bertz CT molecular complexity index is 1300. The summed E-state index contributed by atoms with van der Waals surface area (Å²) < 4.78 is 27.9. The van der Waals surface area contributed by atoms with Crippen LogP contribution in [0.4, 0.5) is 32.1 Å². The summed E-state index contributed by atoms with van der Waals surface area (Å²) in [6, 6.07) is 19.5. The third-order valence-electron chi connectivity index (χ3n) is 4.45. The standard InChI is InChI=1S/C24H17Cl2F2N7/c25-17-8-6-15(20(27)10-17)13-29-34-23-12-22(31-19-4-2-1-3-5-19)32-24(33-23)35-30-14-16-7-9-18(26)11-21(16)28/h1-14H,(H3,31,32,33,34,35). The number of anilines is 4. The minimum absolute atomic E-state index is 0.104. The van der Waals surface area contributed by atoms with Gasteiger partial charge < -0.3 is 5.32 Å². The van der Waals surface area contributed by atoms with E-state index < -0.39 is 11.6 Å². The molecule has 0 unspecified atom stereocenters. The molecule has 0 spiro atoms. The summed E-state index contributed by atoms with van der Waals surface area (Å²) in [5, 5.41) is 11.8. The maximum atomic E-state index is 14.0. The molecule has 3 N–H and O–H groups in total. The molecule has 3 aromatic carbocycles. The number of halogens is 4. The van der Waals surface area contributed by atoms with E-state index >= 15 is 0 Å². The Labute approximate surface area is 209 Å². The van der Waals surface area contributed by atoms with Crippen LogP contribution in [-0.4, -0.2) is 22.4 Å². The highest BCUT2D eigenvalue weighted by Gasteiger charge is 2.06. The number of nitrogens with one attached hydrogen (secondary N) is 3. The Hall–Kier alpha value is -4.08. The highest BCUT2D eigenvalue weighted by atomic mass is 35.5. The van der Waals surface area contributed by atoms with Gasteiger partial charge in [-0.05, 0) is 48.5 Å². The van der Waals surface area contributed by atoms with Crippen molar-refractivity contribution >= 4 is 58.9 Å². The second-order valence-corrected chi connectivity index (χ2v) is 7.90. The number of hydrogen-bond acceptors (Lipinski definition) is 7. The third-order valence-corrected chi connectivity index (χ3v) is 4.92. The molecule has 0 amide bonds.